The first-order chi connectivity index (χ1) is 8.28. The SMILES string of the molecule is CCCNC1CCN(Cc2cnc(C)cn2)C1. The zero-order chi connectivity index (χ0) is 12.1. The van der Waals surface area contributed by atoms with E-state index in [2.05, 4.69) is 27.1 Å². The standard InChI is InChI=1S/C13H22N4/c1-3-5-14-12-4-6-17(9-12)10-13-8-15-11(2)7-16-13/h7-8,12,14H,3-6,9-10H2,1-2H3. The summed E-state index contributed by atoms with van der Waals surface area (Å²) in [6.45, 7) is 8.53. The lowest BCUT2D eigenvalue weighted by Gasteiger charge is -2.15. The number of nitrogens with zero attached hydrogens (tertiary/aromatic N) is 3. The largest absolute Gasteiger partial charge is 0.313 e. The fourth-order valence-corrected chi connectivity index (χ4v) is 2.22. The molecule has 1 aromatic heterocycles. The van der Waals surface area contributed by atoms with Crippen LogP contribution in [0.4, 0.5) is 0 Å². The van der Waals surface area contributed by atoms with Crippen LogP contribution in [-0.2, 0) is 6.54 Å². The first-order valence-electron chi connectivity index (χ1n) is 6.51. The summed E-state index contributed by atoms with van der Waals surface area (Å²) in [6.07, 6.45) is 6.19. The summed E-state index contributed by atoms with van der Waals surface area (Å²) in [5, 5.41) is 3.58. The second-order valence-electron chi connectivity index (χ2n) is 4.82. The van der Waals surface area contributed by atoms with E-state index >= 15 is 0 Å². The third-order valence-electron chi connectivity index (χ3n) is 3.18. The highest BCUT2D eigenvalue weighted by Crippen LogP contribution is 2.12. The van der Waals surface area contributed by atoms with Crippen LogP contribution in [-0.4, -0.2) is 40.5 Å². The first-order valence-corrected chi connectivity index (χ1v) is 6.51. The molecule has 17 heavy (non-hydrogen) atoms. The number of aromatic nitrogens is 2. The van der Waals surface area contributed by atoms with E-state index in [4.69, 9.17) is 0 Å². The van der Waals surface area contributed by atoms with Crippen molar-refractivity contribution in [3.8, 4) is 0 Å². The Morgan fingerprint density at radius 1 is 1.41 bits per heavy atom. The zero-order valence-electron chi connectivity index (χ0n) is 10.8. The van der Waals surface area contributed by atoms with Crippen LogP contribution in [0.2, 0.25) is 0 Å². The average Bonchev–Trinajstić information content (AvgIpc) is 2.77. The minimum Gasteiger partial charge on any atom is -0.313 e. The van der Waals surface area contributed by atoms with E-state index < -0.39 is 0 Å². The molecule has 4 nitrogen and oxygen atoms in total. The van der Waals surface area contributed by atoms with E-state index in [1.807, 2.05) is 19.3 Å². The van der Waals surface area contributed by atoms with Gasteiger partial charge in [-0.25, -0.2) is 0 Å². The molecule has 4 heteroatoms. The van der Waals surface area contributed by atoms with Crippen molar-refractivity contribution in [3.63, 3.8) is 0 Å². The van der Waals surface area contributed by atoms with Crippen molar-refractivity contribution >= 4 is 0 Å². The van der Waals surface area contributed by atoms with Crippen molar-refractivity contribution in [1.82, 2.24) is 20.2 Å². The summed E-state index contributed by atoms with van der Waals surface area (Å²) in [5.74, 6) is 0. The normalized spacial score (nSPS) is 20.9. The van der Waals surface area contributed by atoms with Crippen LogP contribution in [0.3, 0.4) is 0 Å². The molecule has 0 aromatic carbocycles. The quantitative estimate of drug-likeness (QED) is 0.835. The lowest BCUT2D eigenvalue weighted by molar-refractivity contribution is 0.316. The molecule has 1 aliphatic heterocycles. The summed E-state index contributed by atoms with van der Waals surface area (Å²) in [7, 11) is 0. The zero-order valence-corrected chi connectivity index (χ0v) is 10.8. The Labute approximate surface area is 103 Å². The number of nitrogens with one attached hydrogen (secondary N) is 1. The number of rotatable bonds is 5. The van der Waals surface area contributed by atoms with Gasteiger partial charge in [0.25, 0.3) is 0 Å². The first kappa shape index (κ1) is 12.5. The smallest absolute Gasteiger partial charge is 0.0727 e. The predicted molar refractivity (Wildman–Crippen MR) is 68.7 cm³/mol. The molecular weight excluding hydrogens is 212 g/mol. The molecule has 0 amide bonds. The molecule has 1 N–H and O–H groups in total. The Balaban J connectivity index is 1.79. The second-order valence-corrected chi connectivity index (χ2v) is 4.82. The van der Waals surface area contributed by atoms with Crippen molar-refractivity contribution in [2.24, 2.45) is 0 Å². The summed E-state index contributed by atoms with van der Waals surface area (Å²) in [5.41, 5.74) is 2.06. The van der Waals surface area contributed by atoms with Gasteiger partial charge in [0.15, 0.2) is 0 Å². The Morgan fingerprint density at radius 3 is 3.00 bits per heavy atom. The van der Waals surface area contributed by atoms with E-state index in [9.17, 15) is 0 Å². The Kier molecular flexibility index (Phi) is 4.45. The van der Waals surface area contributed by atoms with E-state index in [1.54, 1.807) is 0 Å². The maximum atomic E-state index is 4.40. The van der Waals surface area contributed by atoms with Gasteiger partial charge in [0.2, 0.25) is 0 Å². The van der Waals surface area contributed by atoms with Crippen LogP contribution < -0.4 is 5.32 Å². The molecule has 0 bridgehead atoms. The summed E-state index contributed by atoms with van der Waals surface area (Å²) >= 11 is 0. The topological polar surface area (TPSA) is 41.0 Å². The number of hydrogen-bond donors (Lipinski definition) is 1. The maximum Gasteiger partial charge on any atom is 0.0727 e. The molecule has 1 fully saturated rings. The Morgan fingerprint density at radius 2 is 2.29 bits per heavy atom. The molecule has 1 saturated heterocycles. The molecule has 0 saturated carbocycles. The lowest BCUT2D eigenvalue weighted by Crippen LogP contribution is -2.32. The minimum absolute atomic E-state index is 0.661. The van der Waals surface area contributed by atoms with Crippen LogP contribution >= 0.6 is 0 Å². The van der Waals surface area contributed by atoms with Crippen LogP contribution in [0.5, 0.6) is 0 Å². The summed E-state index contributed by atoms with van der Waals surface area (Å²) < 4.78 is 0. The monoisotopic (exact) mass is 234 g/mol. The average molecular weight is 234 g/mol. The third kappa shape index (κ3) is 3.75. The molecule has 0 aliphatic carbocycles. The number of hydrogen-bond acceptors (Lipinski definition) is 4. The predicted octanol–water partition coefficient (Wildman–Crippen LogP) is 1.36. The van der Waals surface area contributed by atoms with E-state index in [0.29, 0.717) is 6.04 Å². The van der Waals surface area contributed by atoms with Gasteiger partial charge in [-0.2, -0.15) is 0 Å². The fraction of sp³-hybridized carbons (Fsp3) is 0.692. The van der Waals surface area contributed by atoms with Gasteiger partial charge in [0.1, 0.15) is 0 Å². The van der Waals surface area contributed by atoms with Gasteiger partial charge in [-0.3, -0.25) is 14.9 Å². The highest BCUT2D eigenvalue weighted by Gasteiger charge is 2.21. The fourth-order valence-electron chi connectivity index (χ4n) is 2.22. The van der Waals surface area contributed by atoms with E-state index in [-0.39, 0.29) is 0 Å². The van der Waals surface area contributed by atoms with Crippen molar-refractivity contribution in [1.29, 1.82) is 0 Å². The van der Waals surface area contributed by atoms with Crippen LogP contribution in [0, 0.1) is 6.92 Å². The Bertz CT molecular complexity index is 336. The van der Waals surface area contributed by atoms with Gasteiger partial charge >= 0.3 is 0 Å². The molecule has 1 aliphatic rings. The summed E-state index contributed by atoms with van der Waals surface area (Å²) in [4.78, 5) is 11.1. The van der Waals surface area contributed by atoms with Gasteiger partial charge in [0, 0.05) is 38.1 Å². The van der Waals surface area contributed by atoms with E-state index in [1.165, 1.54) is 12.8 Å². The molecule has 2 heterocycles. The van der Waals surface area contributed by atoms with Crippen LogP contribution in [0.15, 0.2) is 12.4 Å². The molecule has 1 atom stereocenters. The van der Waals surface area contributed by atoms with Crippen molar-refractivity contribution in [3.05, 3.63) is 23.8 Å². The number of aryl methyl sites for hydroxylation is 1. The molecule has 0 radical (unpaired) electrons. The van der Waals surface area contributed by atoms with E-state index in [0.717, 1.165) is 37.6 Å². The molecule has 0 spiro atoms. The Hall–Kier alpha value is -1.00. The van der Waals surface area contributed by atoms with Crippen molar-refractivity contribution in [2.75, 3.05) is 19.6 Å². The molecule has 1 unspecified atom stereocenters. The van der Waals surface area contributed by atoms with Crippen molar-refractivity contribution in [2.45, 2.75) is 39.3 Å². The second kappa shape index (κ2) is 6.07. The van der Waals surface area contributed by atoms with Crippen LogP contribution in [0.1, 0.15) is 31.2 Å². The highest BCUT2D eigenvalue weighted by atomic mass is 15.2. The van der Waals surface area contributed by atoms with Crippen LogP contribution in [0.25, 0.3) is 0 Å². The van der Waals surface area contributed by atoms with Gasteiger partial charge in [0.05, 0.1) is 11.4 Å². The van der Waals surface area contributed by atoms with Gasteiger partial charge in [-0.05, 0) is 26.3 Å². The van der Waals surface area contributed by atoms with Gasteiger partial charge in [-0.15, -0.1) is 0 Å². The maximum absolute atomic E-state index is 4.40. The van der Waals surface area contributed by atoms with Gasteiger partial charge in [-0.1, -0.05) is 6.92 Å². The third-order valence-corrected chi connectivity index (χ3v) is 3.18. The molecule has 2 rings (SSSR count). The molecule has 94 valence electrons. The van der Waals surface area contributed by atoms with Gasteiger partial charge < -0.3 is 5.32 Å². The molecular formula is C13H22N4. The summed E-state index contributed by atoms with van der Waals surface area (Å²) in [6, 6.07) is 0.661. The minimum atomic E-state index is 0.661. The molecule has 1 aromatic rings. The number of likely N-dealkylation sites (tertiary alicyclic amines) is 1. The van der Waals surface area contributed by atoms with Crippen molar-refractivity contribution < 1.29 is 0 Å². The highest BCUT2D eigenvalue weighted by molar-refractivity contribution is 5.01. The lowest BCUT2D eigenvalue weighted by atomic mass is 10.2.